The van der Waals surface area contributed by atoms with Crippen LogP contribution < -0.4 is 5.73 Å². The molecular weight excluding hydrogens is 164 g/mol. The normalized spacial score (nSPS) is 33.2. The van der Waals surface area contributed by atoms with Gasteiger partial charge < -0.3 is 10.5 Å². The average Bonchev–Trinajstić information content (AvgIpc) is 2.89. The van der Waals surface area contributed by atoms with Crippen LogP contribution in [0.4, 0.5) is 0 Å². The highest BCUT2D eigenvalue weighted by molar-refractivity contribution is 4.82. The molecule has 2 fully saturated rings. The van der Waals surface area contributed by atoms with E-state index in [1.165, 1.54) is 19.4 Å². The lowest BCUT2D eigenvalue weighted by Crippen LogP contribution is -2.49. The van der Waals surface area contributed by atoms with Crippen LogP contribution in [0.15, 0.2) is 0 Å². The molecule has 1 saturated carbocycles. The Morgan fingerprint density at radius 3 is 2.92 bits per heavy atom. The van der Waals surface area contributed by atoms with Gasteiger partial charge in [-0.2, -0.15) is 0 Å². The maximum atomic E-state index is 5.82. The van der Waals surface area contributed by atoms with Gasteiger partial charge >= 0.3 is 0 Å². The molecule has 2 rings (SSSR count). The molecule has 1 aliphatic heterocycles. The quantitative estimate of drug-likeness (QED) is 0.692. The fourth-order valence-corrected chi connectivity index (χ4v) is 1.88. The summed E-state index contributed by atoms with van der Waals surface area (Å²) in [6, 6.07) is 0.169. The Hall–Kier alpha value is -0.120. The number of nitrogens with two attached hydrogens (primary N) is 1. The molecule has 0 bridgehead atoms. The van der Waals surface area contributed by atoms with Crippen LogP contribution in [0.2, 0.25) is 0 Å². The van der Waals surface area contributed by atoms with E-state index in [1.807, 2.05) is 6.92 Å². The highest BCUT2D eigenvalue weighted by atomic mass is 16.5. The van der Waals surface area contributed by atoms with Crippen molar-refractivity contribution in [3.05, 3.63) is 0 Å². The molecule has 0 radical (unpaired) electrons. The molecule has 3 heteroatoms. The first kappa shape index (κ1) is 9.44. The molecule has 76 valence electrons. The molecule has 13 heavy (non-hydrogen) atoms. The zero-order valence-electron chi connectivity index (χ0n) is 8.41. The van der Waals surface area contributed by atoms with Gasteiger partial charge in [-0.25, -0.2) is 0 Å². The third-order valence-electron chi connectivity index (χ3n) is 2.98. The van der Waals surface area contributed by atoms with Crippen LogP contribution in [0.5, 0.6) is 0 Å². The zero-order valence-corrected chi connectivity index (χ0v) is 8.41. The van der Waals surface area contributed by atoms with Gasteiger partial charge in [-0.05, 0) is 25.7 Å². The second kappa shape index (κ2) is 3.95. The summed E-state index contributed by atoms with van der Waals surface area (Å²) in [4.78, 5) is 2.51. The van der Waals surface area contributed by atoms with Crippen molar-refractivity contribution in [3.8, 4) is 0 Å². The molecular formula is C10H20N2O. The molecule has 1 aliphatic carbocycles. The number of morpholine rings is 1. The summed E-state index contributed by atoms with van der Waals surface area (Å²) in [6.07, 6.45) is 3.12. The monoisotopic (exact) mass is 184 g/mol. The minimum absolute atomic E-state index is 0.169. The summed E-state index contributed by atoms with van der Waals surface area (Å²) in [5.41, 5.74) is 5.82. The largest absolute Gasteiger partial charge is 0.374 e. The molecule has 2 atom stereocenters. The smallest absolute Gasteiger partial charge is 0.0850 e. The Balaban J connectivity index is 1.77. The number of hydrogen-bond acceptors (Lipinski definition) is 3. The van der Waals surface area contributed by atoms with Crippen molar-refractivity contribution in [1.29, 1.82) is 0 Å². The third-order valence-corrected chi connectivity index (χ3v) is 2.98. The predicted octanol–water partition coefficient (Wildman–Crippen LogP) is 0.444. The SMILES string of the molecule is CC(N)C1CN(CC2CC2)CCO1. The number of nitrogens with zero attached hydrogens (tertiary/aromatic N) is 1. The molecule has 2 unspecified atom stereocenters. The maximum Gasteiger partial charge on any atom is 0.0850 e. The molecule has 0 amide bonds. The van der Waals surface area contributed by atoms with Crippen molar-refractivity contribution in [2.24, 2.45) is 11.7 Å². The predicted molar refractivity (Wildman–Crippen MR) is 52.6 cm³/mol. The Morgan fingerprint density at radius 2 is 2.31 bits per heavy atom. The van der Waals surface area contributed by atoms with Crippen LogP contribution in [-0.4, -0.2) is 43.3 Å². The lowest BCUT2D eigenvalue weighted by Gasteiger charge is -2.34. The standard InChI is InChI=1S/C10H20N2O/c1-8(11)10-7-12(4-5-13-10)6-9-2-3-9/h8-10H,2-7,11H2,1H3. The second-order valence-corrected chi connectivity index (χ2v) is 4.47. The van der Waals surface area contributed by atoms with Crippen molar-refractivity contribution >= 4 is 0 Å². The van der Waals surface area contributed by atoms with Gasteiger partial charge in [0.05, 0.1) is 12.7 Å². The highest BCUT2D eigenvalue weighted by Gasteiger charge is 2.28. The fourth-order valence-electron chi connectivity index (χ4n) is 1.88. The maximum absolute atomic E-state index is 5.82. The van der Waals surface area contributed by atoms with Crippen LogP contribution in [-0.2, 0) is 4.74 Å². The first-order valence-electron chi connectivity index (χ1n) is 5.35. The van der Waals surface area contributed by atoms with E-state index in [-0.39, 0.29) is 12.1 Å². The van der Waals surface area contributed by atoms with Gasteiger partial charge in [0.1, 0.15) is 0 Å². The van der Waals surface area contributed by atoms with E-state index in [0.29, 0.717) is 0 Å². The van der Waals surface area contributed by atoms with Crippen LogP contribution >= 0.6 is 0 Å². The van der Waals surface area contributed by atoms with E-state index in [2.05, 4.69) is 4.90 Å². The van der Waals surface area contributed by atoms with Gasteiger partial charge in [0.25, 0.3) is 0 Å². The van der Waals surface area contributed by atoms with Crippen molar-refractivity contribution < 1.29 is 4.74 Å². The average molecular weight is 184 g/mol. The summed E-state index contributed by atoms with van der Waals surface area (Å²) < 4.78 is 5.60. The summed E-state index contributed by atoms with van der Waals surface area (Å²) in [5.74, 6) is 0.979. The van der Waals surface area contributed by atoms with E-state index in [1.54, 1.807) is 0 Å². The molecule has 2 N–H and O–H groups in total. The van der Waals surface area contributed by atoms with Crippen LogP contribution in [0.25, 0.3) is 0 Å². The zero-order chi connectivity index (χ0) is 9.26. The fraction of sp³-hybridized carbons (Fsp3) is 1.00. The summed E-state index contributed by atoms with van der Waals surface area (Å²) >= 11 is 0. The topological polar surface area (TPSA) is 38.5 Å². The van der Waals surface area contributed by atoms with Crippen molar-refractivity contribution in [1.82, 2.24) is 4.90 Å². The highest BCUT2D eigenvalue weighted by Crippen LogP contribution is 2.30. The van der Waals surface area contributed by atoms with Gasteiger partial charge in [-0.3, -0.25) is 4.90 Å². The number of hydrogen-bond donors (Lipinski definition) is 1. The van der Waals surface area contributed by atoms with Gasteiger partial charge in [-0.15, -0.1) is 0 Å². The minimum Gasteiger partial charge on any atom is -0.374 e. The first-order chi connectivity index (χ1) is 6.25. The summed E-state index contributed by atoms with van der Waals surface area (Å²) in [6.45, 7) is 6.30. The van der Waals surface area contributed by atoms with E-state index < -0.39 is 0 Å². The molecule has 1 saturated heterocycles. The van der Waals surface area contributed by atoms with E-state index >= 15 is 0 Å². The second-order valence-electron chi connectivity index (χ2n) is 4.47. The van der Waals surface area contributed by atoms with Gasteiger partial charge in [-0.1, -0.05) is 0 Å². The molecule has 3 nitrogen and oxygen atoms in total. The van der Waals surface area contributed by atoms with Crippen LogP contribution in [0, 0.1) is 5.92 Å². The summed E-state index contributed by atoms with van der Waals surface area (Å²) in [5, 5.41) is 0. The van der Waals surface area contributed by atoms with E-state index in [9.17, 15) is 0 Å². The van der Waals surface area contributed by atoms with Crippen molar-refractivity contribution in [2.75, 3.05) is 26.2 Å². The molecule has 2 aliphatic rings. The number of ether oxygens (including phenoxy) is 1. The Bertz CT molecular complexity index is 168. The van der Waals surface area contributed by atoms with E-state index in [0.717, 1.165) is 25.6 Å². The van der Waals surface area contributed by atoms with E-state index in [4.69, 9.17) is 10.5 Å². The Morgan fingerprint density at radius 1 is 1.54 bits per heavy atom. The van der Waals surface area contributed by atoms with Crippen LogP contribution in [0.1, 0.15) is 19.8 Å². The molecule has 0 aromatic carbocycles. The molecule has 0 spiro atoms. The third kappa shape index (κ3) is 2.66. The number of rotatable bonds is 3. The summed E-state index contributed by atoms with van der Waals surface area (Å²) in [7, 11) is 0. The van der Waals surface area contributed by atoms with Crippen molar-refractivity contribution in [3.63, 3.8) is 0 Å². The van der Waals surface area contributed by atoms with Crippen LogP contribution in [0.3, 0.4) is 0 Å². The van der Waals surface area contributed by atoms with Gasteiger partial charge in [0.15, 0.2) is 0 Å². The minimum atomic E-state index is 0.169. The molecule has 0 aromatic rings. The lowest BCUT2D eigenvalue weighted by molar-refractivity contribution is -0.0388. The Kier molecular flexibility index (Phi) is 2.86. The first-order valence-corrected chi connectivity index (χ1v) is 5.35. The van der Waals surface area contributed by atoms with Gasteiger partial charge in [0, 0.05) is 25.7 Å². The van der Waals surface area contributed by atoms with Crippen molar-refractivity contribution in [2.45, 2.75) is 31.9 Å². The van der Waals surface area contributed by atoms with Gasteiger partial charge in [0.2, 0.25) is 0 Å². The molecule has 0 aromatic heterocycles. The lowest BCUT2D eigenvalue weighted by atomic mass is 10.1. The molecule has 1 heterocycles. The Labute approximate surface area is 80.2 Å².